The van der Waals surface area contributed by atoms with Crippen molar-refractivity contribution in [1.29, 1.82) is 0 Å². The van der Waals surface area contributed by atoms with Crippen molar-refractivity contribution in [3.63, 3.8) is 0 Å². The average Bonchev–Trinajstić information content (AvgIpc) is 2.48. The molecule has 0 saturated heterocycles. The monoisotopic (exact) mass is 307 g/mol. The lowest BCUT2D eigenvalue weighted by molar-refractivity contribution is 0.402. The van der Waals surface area contributed by atoms with Crippen LogP contribution in [0.5, 0.6) is 5.75 Å². The number of hydrogen-bond acceptors (Lipinski definition) is 5. The normalized spacial score (nSPS) is 11.1. The highest BCUT2D eigenvalue weighted by Gasteiger charge is 2.20. The number of methoxy groups -OCH3 is 1. The van der Waals surface area contributed by atoms with E-state index >= 15 is 0 Å². The van der Waals surface area contributed by atoms with E-state index in [9.17, 15) is 8.42 Å². The summed E-state index contributed by atoms with van der Waals surface area (Å²) in [7, 11) is -0.457. The number of aromatic nitrogens is 1. The molecule has 0 fully saturated rings. The second-order valence-electron chi connectivity index (χ2n) is 4.36. The molecule has 112 valence electrons. The van der Waals surface area contributed by atoms with Crippen LogP contribution in [-0.2, 0) is 16.6 Å². The van der Waals surface area contributed by atoms with Crippen LogP contribution in [0.2, 0.25) is 0 Å². The van der Waals surface area contributed by atoms with Gasteiger partial charge in [0.15, 0.2) is 0 Å². The molecule has 0 aliphatic rings. The van der Waals surface area contributed by atoms with Gasteiger partial charge in [-0.1, -0.05) is 6.07 Å². The summed E-state index contributed by atoms with van der Waals surface area (Å²) in [6.07, 6.45) is 3.02. The molecule has 6 nitrogen and oxygen atoms in total. The van der Waals surface area contributed by atoms with Crippen LogP contribution in [0.25, 0.3) is 0 Å². The Bertz CT molecular complexity index is 703. The van der Waals surface area contributed by atoms with Gasteiger partial charge in [-0.25, -0.2) is 8.42 Å². The number of anilines is 1. The summed E-state index contributed by atoms with van der Waals surface area (Å²) in [6, 6.07) is 8.27. The lowest BCUT2D eigenvalue weighted by Gasteiger charge is -2.12. The summed E-state index contributed by atoms with van der Waals surface area (Å²) in [5, 5.41) is 3.00. The van der Waals surface area contributed by atoms with Gasteiger partial charge in [-0.15, -0.1) is 0 Å². The Hall–Kier alpha value is -2.12. The van der Waals surface area contributed by atoms with Crippen LogP contribution in [0.4, 0.5) is 5.69 Å². The largest absolute Gasteiger partial charge is 0.495 e. The summed E-state index contributed by atoms with van der Waals surface area (Å²) < 4.78 is 32.5. The Morgan fingerprint density at radius 2 is 2.10 bits per heavy atom. The third kappa shape index (κ3) is 3.71. The third-order valence-corrected chi connectivity index (χ3v) is 4.23. The molecule has 0 bridgehead atoms. The first-order valence-electron chi connectivity index (χ1n) is 6.31. The molecule has 2 aromatic rings. The summed E-state index contributed by atoms with van der Waals surface area (Å²) in [5.74, 6) is 0.305. The van der Waals surface area contributed by atoms with Gasteiger partial charge in [0.05, 0.1) is 19.0 Å². The van der Waals surface area contributed by atoms with E-state index in [4.69, 9.17) is 4.74 Å². The molecule has 0 spiro atoms. The zero-order valence-electron chi connectivity index (χ0n) is 11.8. The zero-order valence-corrected chi connectivity index (χ0v) is 12.6. The molecular weight excluding hydrogens is 290 g/mol. The van der Waals surface area contributed by atoms with Crippen molar-refractivity contribution in [2.24, 2.45) is 0 Å². The van der Waals surface area contributed by atoms with Gasteiger partial charge in [0.2, 0.25) is 0 Å². The predicted molar refractivity (Wildman–Crippen MR) is 80.8 cm³/mol. The molecule has 2 N–H and O–H groups in total. The molecule has 0 saturated carbocycles. The molecule has 0 amide bonds. The molecule has 21 heavy (non-hydrogen) atoms. The SMILES string of the molecule is CNCc1ccc(S(=O)(=O)Nc2cccnc2)c(OC)c1. The van der Waals surface area contributed by atoms with Crippen LogP contribution in [-0.4, -0.2) is 27.6 Å². The maximum absolute atomic E-state index is 12.4. The van der Waals surface area contributed by atoms with Gasteiger partial charge in [0, 0.05) is 12.7 Å². The number of hydrogen-bond donors (Lipinski definition) is 2. The number of benzene rings is 1. The maximum atomic E-state index is 12.4. The lowest BCUT2D eigenvalue weighted by atomic mass is 10.2. The molecule has 0 radical (unpaired) electrons. The zero-order chi connectivity index (χ0) is 15.3. The molecule has 1 heterocycles. The van der Waals surface area contributed by atoms with E-state index in [0.717, 1.165) is 5.56 Å². The van der Waals surface area contributed by atoms with E-state index in [1.165, 1.54) is 19.4 Å². The molecule has 1 aromatic carbocycles. The van der Waals surface area contributed by atoms with Crippen molar-refractivity contribution < 1.29 is 13.2 Å². The van der Waals surface area contributed by atoms with Gasteiger partial charge < -0.3 is 10.1 Å². The number of rotatable bonds is 6. The van der Waals surface area contributed by atoms with Gasteiger partial charge in [-0.2, -0.15) is 0 Å². The van der Waals surface area contributed by atoms with Gasteiger partial charge in [-0.05, 0) is 36.9 Å². The van der Waals surface area contributed by atoms with E-state index in [-0.39, 0.29) is 4.90 Å². The van der Waals surface area contributed by atoms with Gasteiger partial charge in [0.25, 0.3) is 10.0 Å². The summed E-state index contributed by atoms with van der Waals surface area (Å²) in [4.78, 5) is 3.97. The van der Waals surface area contributed by atoms with Crippen molar-refractivity contribution >= 4 is 15.7 Å². The number of nitrogens with zero attached hydrogens (tertiary/aromatic N) is 1. The van der Waals surface area contributed by atoms with E-state index in [1.807, 2.05) is 7.05 Å². The van der Waals surface area contributed by atoms with Crippen LogP contribution < -0.4 is 14.8 Å². The van der Waals surface area contributed by atoms with E-state index in [2.05, 4.69) is 15.0 Å². The Morgan fingerprint density at radius 3 is 2.71 bits per heavy atom. The Labute approximate surface area is 124 Å². The first-order valence-corrected chi connectivity index (χ1v) is 7.79. The number of nitrogens with one attached hydrogen (secondary N) is 2. The fourth-order valence-electron chi connectivity index (χ4n) is 1.88. The minimum Gasteiger partial charge on any atom is -0.495 e. The first-order chi connectivity index (χ1) is 10.1. The molecule has 0 aliphatic carbocycles. The van der Waals surface area contributed by atoms with Crippen LogP contribution in [0.15, 0.2) is 47.6 Å². The summed E-state index contributed by atoms with van der Waals surface area (Å²) in [5.41, 5.74) is 1.34. The minimum absolute atomic E-state index is 0.0914. The van der Waals surface area contributed by atoms with E-state index < -0.39 is 10.0 Å². The van der Waals surface area contributed by atoms with E-state index in [0.29, 0.717) is 18.0 Å². The number of pyridine rings is 1. The molecule has 1 aromatic heterocycles. The van der Waals surface area contributed by atoms with Crippen LogP contribution in [0, 0.1) is 0 Å². The molecule has 0 unspecified atom stereocenters. The first kappa shape index (κ1) is 15.3. The maximum Gasteiger partial charge on any atom is 0.265 e. The topological polar surface area (TPSA) is 80.3 Å². The number of ether oxygens (including phenoxy) is 1. The van der Waals surface area contributed by atoms with Crippen LogP contribution >= 0.6 is 0 Å². The fraction of sp³-hybridized carbons (Fsp3) is 0.214. The molecule has 0 aliphatic heterocycles. The lowest BCUT2D eigenvalue weighted by Crippen LogP contribution is -2.15. The van der Waals surface area contributed by atoms with Gasteiger partial charge in [-0.3, -0.25) is 9.71 Å². The highest BCUT2D eigenvalue weighted by atomic mass is 32.2. The Morgan fingerprint density at radius 1 is 1.29 bits per heavy atom. The fourth-order valence-corrected chi connectivity index (χ4v) is 3.08. The average molecular weight is 307 g/mol. The van der Waals surface area contributed by atoms with Crippen molar-refractivity contribution in [2.45, 2.75) is 11.4 Å². The van der Waals surface area contributed by atoms with Crippen molar-refractivity contribution in [3.05, 3.63) is 48.3 Å². The third-order valence-electron chi connectivity index (χ3n) is 2.81. The highest BCUT2D eigenvalue weighted by molar-refractivity contribution is 7.92. The molecule has 0 atom stereocenters. The predicted octanol–water partition coefficient (Wildman–Crippen LogP) is 1.61. The highest BCUT2D eigenvalue weighted by Crippen LogP contribution is 2.26. The van der Waals surface area contributed by atoms with Gasteiger partial charge >= 0.3 is 0 Å². The summed E-state index contributed by atoms with van der Waals surface area (Å²) >= 11 is 0. The molecular formula is C14H17N3O3S. The van der Waals surface area contributed by atoms with Gasteiger partial charge in [0.1, 0.15) is 10.6 Å². The molecule has 2 rings (SSSR count). The standard InChI is InChI=1S/C14H17N3O3S/c1-15-9-11-5-6-14(13(8-11)20-2)21(18,19)17-12-4-3-7-16-10-12/h3-8,10,15,17H,9H2,1-2H3. The van der Waals surface area contributed by atoms with Crippen molar-refractivity contribution in [2.75, 3.05) is 18.9 Å². The molecule has 7 heteroatoms. The number of sulfonamides is 1. The van der Waals surface area contributed by atoms with Crippen molar-refractivity contribution in [3.8, 4) is 5.75 Å². The Balaban J connectivity index is 2.35. The minimum atomic E-state index is -3.72. The van der Waals surface area contributed by atoms with Crippen LogP contribution in [0.3, 0.4) is 0 Å². The second kappa shape index (κ2) is 6.55. The van der Waals surface area contributed by atoms with Crippen molar-refractivity contribution in [1.82, 2.24) is 10.3 Å². The van der Waals surface area contributed by atoms with Crippen LogP contribution in [0.1, 0.15) is 5.56 Å². The second-order valence-corrected chi connectivity index (χ2v) is 6.01. The smallest absolute Gasteiger partial charge is 0.265 e. The Kier molecular flexibility index (Phi) is 4.77. The van der Waals surface area contributed by atoms with E-state index in [1.54, 1.807) is 30.5 Å². The quantitative estimate of drug-likeness (QED) is 0.847. The summed E-state index contributed by atoms with van der Waals surface area (Å²) in [6.45, 7) is 0.632.